The van der Waals surface area contributed by atoms with Crippen LogP contribution in [0.3, 0.4) is 0 Å². The van der Waals surface area contributed by atoms with Crippen molar-refractivity contribution < 1.29 is 9.22 Å². The van der Waals surface area contributed by atoms with Crippen LogP contribution in [0.2, 0.25) is 39.3 Å². The van der Waals surface area contributed by atoms with Gasteiger partial charge in [-0.05, 0) is 94.2 Å². The van der Waals surface area contributed by atoms with E-state index in [4.69, 9.17) is 4.43 Å². The molecule has 7 rings (SSSR count). The van der Waals surface area contributed by atoms with E-state index in [-0.39, 0.29) is 41.4 Å². The number of hydrogen-bond acceptors (Lipinski definition) is 8. The molecule has 382 valence electrons. The number of rotatable bonds is 14. The first-order chi connectivity index (χ1) is 33.0. The SMILES string of the molecule is CC(C)c1cccc(C(C)C)c1N1C=CN(c2c(C(C)C)cccc2C(C)C)B1N([Si](C)(C)C)[Si@@]1(O)OC(C)(C)c2cccc(C(C)C)c2N2C=CN(c3c(C(C)C)cccc3C(C)C)B2N1[Si](C)(C)C. The molecule has 4 aromatic rings. The van der Waals surface area contributed by atoms with Gasteiger partial charge in [0.05, 0.1) is 5.60 Å². The minimum absolute atomic E-state index is 0.242. The summed E-state index contributed by atoms with van der Waals surface area (Å²) in [7, 11) is -10.9. The van der Waals surface area contributed by atoms with Crippen LogP contribution in [-0.4, -0.2) is 52.7 Å². The molecule has 0 aromatic heterocycles. The molecule has 0 aliphatic carbocycles. The van der Waals surface area contributed by atoms with Crippen LogP contribution in [0.25, 0.3) is 0 Å². The van der Waals surface area contributed by atoms with Crippen molar-refractivity contribution in [3.8, 4) is 0 Å². The lowest BCUT2D eigenvalue weighted by atomic mass is 9.81. The molecule has 4 aromatic carbocycles. The molecule has 8 nitrogen and oxygen atoms in total. The maximum Gasteiger partial charge on any atom is 0.490 e. The van der Waals surface area contributed by atoms with E-state index >= 15 is 4.80 Å². The van der Waals surface area contributed by atoms with Crippen LogP contribution in [0.15, 0.2) is 97.6 Å². The second kappa shape index (κ2) is 20.1. The van der Waals surface area contributed by atoms with Gasteiger partial charge in [-0.3, -0.25) is 8.28 Å². The Hall–Kier alpha value is -3.82. The van der Waals surface area contributed by atoms with Gasteiger partial charge in [-0.2, -0.15) is 0 Å². The second-order valence-electron chi connectivity index (χ2n) is 25.4. The Morgan fingerprint density at radius 1 is 0.465 bits per heavy atom. The zero-order valence-corrected chi connectivity index (χ0v) is 51.0. The molecule has 13 heteroatoms. The fourth-order valence-corrected chi connectivity index (χ4v) is 24.2. The van der Waals surface area contributed by atoms with Gasteiger partial charge in [-0.1, -0.05) is 209 Å². The molecule has 0 unspecified atom stereocenters. The molecule has 3 aliphatic rings. The summed E-state index contributed by atoms with van der Waals surface area (Å²) in [5.74, 6) is 1.80. The summed E-state index contributed by atoms with van der Waals surface area (Å²) < 4.78 is 13.5. The van der Waals surface area contributed by atoms with Crippen molar-refractivity contribution in [2.45, 2.75) is 197 Å². The first-order valence-corrected chi connectivity index (χ1v) is 35.6. The van der Waals surface area contributed by atoms with Crippen LogP contribution in [0.5, 0.6) is 0 Å². The van der Waals surface area contributed by atoms with Crippen molar-refractivity contribution in [1.82, 2.24) is 8.28 Å². The monoisotopic (exact) mass is 1010 g/mol. The van der Waals surface area contributed by atoms with Crippen LogP contribution in [-0.2, 0) is 10.0 Å². The van der Waals surface area contributed by atoms with E-state index in [0.717, 1.165) is 5.56 Å². The molecule has 0 radical (unpaired) electrons. The number of fused-ring (bicyclic) bond motifs is 3. The highest BCUT2D eigenvalue weighted by Crippen LogP contribution is 2.51. The predicted molar refractivity (Wildman–Crippen MR) is 317 cm³/mol. The Balaban J connectivity index is 1.67. The van der Waals surface area contributed by atoms with Crippen LogP contribution in [0.4, 0.5) is 22.7 Å². The van der Waals surface area contributed by atoms with Crippen LogP contribution >= 0.6 is 0 Å². The zero-order valence-electron chi connectivity index (χ0n) is 48.0. The maximum atomic E-state index is 15.7. The van der Waals surface area contributed by atoms with Gasteiger partial charge in [-0.25, -0.2) is 0 Å². The van der Waals surface area contributed by atoms with Crippen molar-refractivity contribution in [2.75, 3.05) is 19.2 Å². The molecule has 0 amide bonds. The van der Waals surface area contributed by atoms with E-state index in [1.807, 2.05) is 0 Å². The molecule has 3 heterocycles. The highest BCUT2D eigenvalue weighted by atomic mass is 28.5. The zero-order chi connectivity index (χ0) is 52.6. The Labute approximate surface area is 436 Å². The predicted octanol–water partition coefficient (Wildman–Crippen LogP) is 15.8. The first kappa shape index (κ1) is 54.9. The van der Waals surface area contributed by atoms with Crippen LogP contribution in [0.1, 0.15) is 197 Å². The topological polar surface area (TPSA) is 48.9 Å². The molecule has 1 N–H and O–H groups in total. The fourth-order valence-electron chi connectivity index (χ4n) is 11.8. The lowest BCUT2D eigenvalue weighted by Gasteiger charge is -2.60. The lowest BCUT2D eigenvalue weighted by Crippen LogP contribution is -2.89. The van der Waals surface area contributed by atoms with Crippen LogP contribution < -0.4 is 19.2 Å². The van der Waals surface area contributed by atoms with E-state index in [0.29, 0.717) is 0 Å². The van der Waals surface area contributed by atoms with Gasteiger partial charge in [0.25, 0.3) is 0 Å². The Morgan fingerprint density at radius 2 is 0.746 bits per heavy atom. The Kier molecular flexibility index (Phi) is 15.6. The summed E-state index contributed by atoms with van der Waals surface area (Å²) in [4.78, 5) is 25.9. The largest absolute Gasteiger partial charge is 0.490 e. The van der Waals surface area contributed by atoms with E-state index < -0.39 is 45.2 Å². The highest BCUT2D eigenvalue weighted by molar-refractivity contribution is 7.05. The average molecular weight is 1010 g/mol. The molecule has 0 fully saturated rings. The summed E-state index contributed by atoms with van der Waals surface area (Å²) in [5.41, 5.74) is 14.1. The third-order valence-electron chi connectivity index (χ3n) is 15.1. The first-order valence-electron chi connectivity index (χ1n) is 27.0. The Morgan fingerprint density at radius 3 is 1.06 bits per heavy atom. The Bertz CT molecular complexity index is 2480. The van der Waals surface area contributed by atoms with Gasteiger partial charge in [-0.15, -0.1) is 0 Å². The maximum absolute atomic E-state index is 15.7. The van der Waals surface area contributed by atoms with Gasteiger partial charge >= 0.3 is 23.1 Å². The normalized spacial score (nSPS) is 18.9. The van der Waals surface area contributed by atoms with Gasteiger partial charge in [0.15, 0.2) is 0 Å². The lowest BCUT2D eigenvalue weighted by molar-refractivity contribution is 0.0380. The summed E-state index contributed by atoms with van der Waals surface area (Å²) >= 11 is 0. The van der Waals surface area contributed by atoms with Crippen molar-refractivity contribution in [1.29, 1.82) is 0 Å². The summed E-state index contributed by atoms with van der Waals surface area (Å²) in [6.07, 6.45) is 9.33. The third kappa shape index (κ3) is 9.87. The van der Waals surface area contributed by atoms with Gasteiger partial charge in [0.1, 0.15) is 16.5 Å². The molecular weight excluding hydrogens is 919 g/mol. The van der Waals surface area contributed by atoms with E-state index in [1.165, 1.54) is 61.7 Å². The standard InChI is InChI=1S/C58H90B2N6O2Si3/c1-39(2)46-27-23-28-47(40(3)4)54(46)61-35-36-62(55-48(41(5)6)29-24-30-49(55)42(7)8)59(61)65(69(17,18)19)71(67)66(70(20,21)22)60-63(56-50(43(9)10)31-25-32-51(56)44(11)12)37-38-64(60)57-52(45(13)14)33-26-34-53(57)58(15,16)68-71/h23-45,67H,1-22H3/t71-/m1/s1. The van der Waals surface area contributed by atoms with Crippen molar-refractivity contribution in [2.24, 2.45) is 0 Å². The molecule has 1 atom stereocenters. The minimum atomic E-state index is -4.50. The van der Waals surface area contributed by atoms with Crippen LogP contribution in [0, 0.1) is 0 Å². The number of nitrogens with zero attached hydrogens (tertiary/aromatic N) is 6. The summed E-state index contributed by atoms with van der Waals surface area (Å²) in [6, 6.07) is 27.5. The molecule has 3 aliphatic heterocycles. The average Bonchev–Trinajstić information content (AvgIpc) is 3.87. The molecule has 71 heavy (non-hydrogen) atoms. The van der Waals surface area contributed by atoms with Gasteiger partial charge in [0.2, 0.25) is 0 Å². The molecule has 0 saturated carbocycles. The summed E-state index contributed by atoms with van der Waals surface area (Å²) in [5, 5.41) is 0. The minimum Gasteiger partial charge on any atom is -0.388 e. The smallest absolute Gasteiger partial charge is 0.388 e. The quantitative estimate of drug-likeness (QED) is 0.125. The molecular formula is C58H90B2N6O2Si3. The number of anilines is 4. The molecule has 0 bridgehead atoms. The van der Waals surface area contributed by atoms with Crippen molar-refractivity contribution >= 4 is 62.3 Å². The van der Waals surface area contributed by atoms with Gasteiger partial charge < -0.3 is 28.5 Å². The third-order valence-corrected chi connectivity index (χ3v) is 26.7. The highest BCUT2D eigenvalue weighted by Gasteiger charge is 2.70. The number of benzene rings is 4. The van der Waals surface area contributed by atoms with E-state index in [1.54, 1.807) is 0 Å². The van der Waals surface area contributed by atoms with Crippen molar-refractivity contribution in [3.05, 3.63) is 142 Å². The number of hydrogen-bond donors (Lipinski definition) is 1. The molecule has 0 spiro atoms. The number of para-hydroxylation sites is 4. The fraction of sp³-hybridized carbons (Fsp3) is 0.517. The van der Waals surface area contributed by atoms with Crippen molar-refractivity contribution in [3.63, 3.8) is 0 Å². The molecule has 0 saturated heterocycles. The second-order valence-corrected chi connectivity index (χ2v) is 38.2. The van der Waals surface area contributed by atoms with E-state index in [2.05, 4.69) is 275 Å². The van der Waals surface area contributed by atoms with E-state index in [9.17, 15) is 0 Å². The van der Waals surface area contributed by atoms with Gasteiger partial charge in [0, 0.05) is 53.1 Å². The summed E-state index contributed by atoms with van der Waals surface area (Å²) in [6.45, 7) is 51.6.